The number of aliphatic hydroxyl groups excluding tert-OH is 8. The van der Waals surface area contributed by atoms with Crippen LogP contribution in [0.2, 0.25) is 0 Å². The van der Waals surface area contributed by atoms with Gasteiger partial charge in [-0.25, -0.2) is 12.8 Å². The Morgan fingerprint density at radius 2 is 1.39 bits per heavy atom. The zero-order valence-corrected chi connectivity index (χ0v) is 29.6. The molecular formula is C37H44FNO14S. The summed E-state index contributed by atoms with van der Waals surface area (Å²) >= 11 is 0. The standard InChI is InChI=1S/C37H44FNO14S/c38-21-10-6-19(7-11-21)25(42)15-14-24-29(39(36(24)48)22-4-2-1-3-5-22)20-8-12-23(13-9-20)54(49,50)18-28-31(44)33(46)35(27(17-41)51-28)53-37-34(47)32(45)30(43)26(16-40)52-37/h1-13,24-35,37,40-47H,14-18H2/t24-,25+,26?,27?,28+,29-,30-,31?,32+,33-,34?,35-,37+/m1/s1. The number of hydrogen-bond acceptors (Lipinski definition) is 14. The monoisotopic (exact) mass is 777 g/mol. The molecule has 3 aromatic rings. The van der Waals surface area contributed by atoms with E-state index in [0.717, 1.165) is 0 Å². The average Bonchev–Trinajstić information content (AvgIpc) is 3.17. The highest BCUT2D eigenvalue weighted by Crippen LogP contribution is 2.46. The minimum atomic E-state index is -4.21. The second kappa shape index (κ2) is 16.7. The minimum absolute atomic E-state index is 0.156. The smallest absolute Gasteiger partial charge is 0.233 e. The van der Waals surface area contributed by atoms with Crippen molar-refractivity contribution in [2.45, 2.75) is 91.1 Å². The maximum atomic E-state index is 13.6. The van der Waals surface area contributed by atoms with Crippen molar-refractivity contribution < 1.29 is 72.7 Å². The molecule has 15 nitrogen and oxygen atoms in total. The van der Waals surface area contributed by atoms with Crippen molar-refractivity contribution in [3.05, 3.63) is 95.8 Å². The minimum Gasteiger partial charge on any atom is -0.394 e. The summed E-state index contributed by atoms with van der Waals surface area (Å²) in [6, 6.07) is 19.7. The number of benzene rings is 3. The number of carbonyl (C=O) groups excluding carboxylic acids is 1. The lowest BCUT2D eigenvalue weighted by Crippen LogP contribution is -2.65. The van der Waals surface area contributed by atoms with Crippen LogP contribution >= 0.6 is 0 Å². The molecule has 8 N–H and O–H groups in total. The van der Waals surface area contributed by atoms with E-state index in [9.17, 15) is 58.5 Å². The van der Waals surface area contributed by atoms with E-state index >= 15 is 0 Å². The average molecular weight is 778 g/mol. The van der Waals surface area contributed by atoms with Gasteiger partial charge in [0, 0.05) is 5.69 Å². The Labute approximate surface area is 310 Å². The van der Waals surface area contributed by atoms with Gasteiger partial charge in [-0.05, 0) is 60.4 Å². The Balaban J connectivity index is 1.15. The highest BCUT2D eigenvalue weighted by molar-refractivity contribution is 7.91. The quantitative estimate of drug-likeness (QED) is 0.102. The summed E-state index contributed by atoms with van der Waals surface area (Å²) < 4.78 is 57.2. The van der Waals surface area contributed by atoms with Crippen molar-refractivity contribution in [2.75, 3.05) is 23.9 Å². The predicted molar refractivity (Wildman–Crippen MR) is 186 cm³/mol. The third-order valence-corrected chi connectivity index (χ3v) is 12.1. The normalized spacial score (nSPS) is 33.6. The largest absolute Gasteiger partial charge is 0.394 e. The summed E-state index contributed by atoms with van der Waals surface area (Å²) in [6.07, 6.45) is -17.2. The molecule has 3 aromatic carbocycles. The number of anilines is 1. The van der Waals surface area contributed by atoms with Crippen molar-refractivity contribution in [3.63, 3.8) is 0 Å². The van der Waals surface area contributed by atoms with Gasteiger partial charge in [-0.3, -0.25) is 4.79 Å². The summed E-state index contributed by atoms with van der Waals surface area (Å²) in [6.45, 7) is -1.58. The summed E-state index contributed by atoms with van der Waals surface area (Å²) in [5, 5.41) is 82.6. The number of para-hydroxylation sites is 1. The molecule has 3 heterocycles. The summed E-state index contributed by atoms with van der Waals surface area (Å²) in [4.78, 5) is 14.9. The number of aliphatic hydroxyl groups is 8. The Kier molecular flexibility index (Phi) is 12.5. The number of carbonyl (C=O) groups is 1. The first-order chi connectivity index (χ1) is 25.7. The van der Waals surface area contributed by atoms with Gasteiger partial charge in [0.15, 0.2) is 16.1 Å². The Hall–Kier alpha value is -3.43. The van der Waals surface area contributed by atoms with Crippen molar-refractivity contribution >= 4 is 21.4 Å². The second-order valence-electron chi connectivity index (χ2n) is 13.8. The van der Waals surface area contributed by atoms with E-state index in [1.54, 1.807) is 47.4 Å². The summed E-state index contributed by atoms with van der Waals surface area (Å²) in [5.41, 5.74) is 1.77. The van der Waals surface area contributed by atoms with E-state index < -0.39 is 114 Å². The van der Waals surface area contributed by atoms with Gasteiger partial charge in [0.25, 0.3) is 0 Å². The van der Waals surface area contributed by atoms with Crippen molar-refractivity contribution in [3.8, 4) is 0 Å². The molecule has 0 radical (unpaired) electrons. The molecule has 3 aliphatic rings. The third-order valence-electron chi connectivity index (χ3n) is 10.3. The van der Waals surface area contributed by atoms with Gasteiger partial charge < -0.3 is 60.0 Å². The van der Waals surface area contributed by atoms with Crippen LogP contribution in [-0.2, 0) is 28.8 Å². The van der Waals surface area contributed by atoms with Crippen molar-refractivity contribution in [1.29, 1.82) is 0 Å². The van der Waals surface area contributed by atoms with Crippen LogP contribution in [0, 0.1) is 11.7 Å². The van der Waals surface area contributed by atoms with Gasteiger partial charge in [-0.1, -0.05) is 42.5 Å². The van der Waals surface area contributed by atoms with E-state index in [-0.39, 0.29) is 23.6 Å². The fourth-order valence-corrected chi connectivity index (χ4v) is 8.72. The number of halogens is 1. The fourth-order valence-electron chi connectivity index (χ4n) is 7.27. The van der Waals surface area contributed by atoms with Gasteiger partial charge in [0.2, 0.25) is 5.91 Å². The molecule has 13 atom stereocenters. The van der Waals surface area contributed by atoms with E-state index in [4.69, 9.17) is 14.2 Å². The molecule has 1 amide bonds. The van der Waals surface area contributed by atoms with Crippen LogP contribution in [-0.4, -0.2) is 135 Å². The first kappa shape index (κ1) is 40.2. The fraction of sp³-hybridized carbons (Fsp3) is 0.486. The molecule has 0 saturated carbocycles. The lowest BCUT2D eigenvalue weighted by Gasteiger charge is -2.48. The van der Waals surface area contributed by atoms with Gasteiger partial charge in [0.05, 0.1) is 41.9 Å². The molecule has 294 valence electrons. The molecule has 0 spiro atoms. The highest BCUT2D eigenvalue weighted by atomic mass is 32.2. The number of β-lactam (4-membered cyclic amide) rings is 1. The lowest BCUT2D eigenvalue weighted by atomic mass is 9.78. The van der Waals surface area contributed by atoms with Crippen LogP contribution in [0.15, 0.2) is 83.8 Å². The molecule has 6 rings (SSSR count). The number of rotatable bonds is 13. The van der Waals surface area contributed by atoms with E-state index in [0.29, 0.717) is 16.8 Å². The first-order valence-corrected chi connectivity index (χ1v) is 19.1. The molecule has 0 aliphatic carbocycles. The lowest BCUT2D eigenvalue weighted by molar-refractivity contribution is -0.341. The van der Waals surface area contributed by atoms with Crippen LogP contribution in [0.4, 0.5) is 10.1 Å². The van der Waals surface area contributed by atoms with Gasteiger partial charge in [0.1, 0.15) is 60.8 Å². The van der Waals surface area contributed by atoms with Gasteiger partial charge >= 0.3 is 0 Å². The number of hydrogen-bond donors (Lipinski definition) is 8. The third kappa shape index (κ3) is 8.09. The molecule has 54 heavy (non-hydrogen) atoms. The second-order valence-corrected chi connectivity index (χ2v) is 15.8. The van der Waals surface area contributed by atoms with E-state index in [1.165, 1.54) is 36.4 Å². The van der Waals surface area contributed by atoms with Crippen LogP contribution in [0.1, 0.15) is 36.1 Å². The molecule has 4 unspecified atom stereocenters. The number of nitrogens with zero attached hydrogens (tertiary/aromatic N) is 1. The molecule has 3 fully saturated rings. The Morgan fingerprint density at radius 3 is 2.02 bits per heavy atom. The van der Waals surface area contributed by atoms with Crippen LogP contribution in [0.3, 0.4) is 0 Å². The van der Waals surface area contributed by atoms with Crippen molar-refractivity contribution in [2.24, 2.45) is 5.92 Å². The van der Waals surface area contributed by atoms with Crippen LogP contribution in [0.25, 0.3) is 0 Å². The summed E-state index contributed by atoms with van der Waals surface area (Å²) in [5.74, 6) is -1.99. The number of ether oxygens (including phenoxy) is 3. The van der Waals surface area contributed by atoms with E-state index in [2.05, 4.69) is 0 Å². The zero-order chi connectivity index (χ0) is 38.9. The highest BCUT2D eigenvalue weighted by Gasteiger charge is 2.52. The molecule has 3 aliphatic heterocycles. The molecule has 3 saturated heterocycles. The maximum absolute atomic E-state index is 13.6. The Bertz CT molecular complexity index is 1820. The van der Waals surface area contributed by atoms with Gasteiger partial charge in [-0.15, -0.1) is 0 Å². The van der Waals surface area contributed by atoms with Gasteiger partial charge in [-0.2, -0.15) is 0 Å². The Morgan fingerprint density at radius 1 is 0.759 bits per heavy atom. The van der Waals surface area contributed by atoms with E-state index in [1.807, 2.05) is 0 Å². The van der Waals surface area contributed by atoms with Crippen molar-refractivity contribution in [1.82, 2.24) is 0 Å². The molecule has 0 bridgehead atoms. The number of amides is 1. The molecular weight excluding hydrogens is 733 g/mol. The maximum Gasteiger partial charge on any atom is 0.233 e. The van der Waals surface area contributed by atoms with Crippen LogP contribution in [0.5, 0.6) is 0 Å². The number of sulfone groups is 1. The van der Waals surface area contributed by atoms with Crippen LogP contribution < -0.4 is 4.90 Å². The SMILES string of the molecule is O=C1[C@H](CC[C@H](O)c2ccc(F)cc2)[C@@H](c2ccc(S(=O)(=O)C[C@@H]3OC(CO)[C@@H](O[C@@H]4OC(CO)[C@@H](O)[C@H](O)C4O)[C@H](O)C3O)cc2)N1c1ccccc1. The predicted octanol–water partition coefficient (Wildman–Crippen LogP) is -0.516. The topological polar surface area (TPSA) is 244 Å². The molecule has 0 aromatic heterocycles. The molecule has 17 heteroatoms. The summed E-state index contributed by atoms with van der Waals surface area (Å²) in [7, 11) is -4.21. The first-order valence-electron chi connectivity index (χ1n) is 17.5. The zero-order valence-electron chi connectivity index (χ0n) is 28.8.